The number of nitriles is 1. The topological polar surface area (TPSA) is 44.1 Å². The Balaban J connectivity index is 2.44. The number of carbonyl (C=O) groups excluding carboxylic acids is 1. The van der Waals surface area contributed by atoms with Crippen molar-refractivity contribution in [3.8, 4) is 6.07 Å². The quantitative estimate of drug-likeness (QED) is 0.293. The molecule has 0 saturated carbocycles. The van der Waals surface area contributed by atoms with E-state index in [9.17, 15) is 31.1 Å². The summed E-state index contributed by atoms with van der Waals surface area (Å²) in [5.74, 6) is -0.637. The molecule has 3 nitrogen and oxygen atoms in total. The summed E-state index contributed by atoms with van der Waals surface area (Å²) < 4.78 is 71.1. The van der Waals surface area contributed by atoms with E-state index >= 15 is 0 Å². The molecule has 1 aliphatic rings. The fourth-order valence-corrected chi connectivity index (χ4v) is 4.78. The molecule has 126 valence electrons. The van der Waals surface area contributed by atoms with E-state index in [1.54, 1.807) is 0 Å². The van der Waals surface area contributed by atoms with E-state index in [1.807, 2.05) is 0 Å². The van der Waals surface area contributed by atoms with Crippen molar-refractivity contribution in [3.05, 3.63) is 29.3 Å². The second-order valence-corrected chi connectivity index (χ2v) is 8.21. The van der Waals surface area contributed by atoms with Gasteiger partial charge < -0.3 is 0 Å². The monoisotopic (exact) mass is 450 g/mol. The number of hydrogen-bond donors (Lipinski definition) is 0. The minimum atomic E-state index is -4.83. The minimum absolute atomic E-state index is 0.0259. The number of benzene rings is 1. The Labute approximate surface area is 137 Å². The molecule has 2 rings (SSSR count). The van der Waals surface area contributed by atoms with Crippen LogP contribution in [0.3, 0.4) is 0 Å². The Morgan fingerprint density at radius 3 is 2.39 bits per heavy atom. The summed E-state index contributed by atoms with van der Waals surface area (Å²) >= 11 is -2.61. The van der Waals surface area contributed by atoms with Gasteiger partial charge in [0.15, 0.2) is 0 Å². The van der Waals surface area contributed by atoms with Gasteiger partial charge in [0.1, 0.15) is 0 Å². The normalized spacial score (nSPS) is 19.3. The molecule has 1 aromatic rings. The molecule has 0 bridgehead atoms. The van der Waals surface area contributed by atoms with Gasteiger partial charge in [-0.3, -0.25) is 0 Å². The van der Waals surface area contributed by atoms with E-state index in [0.717, 1.165) is 17.0 Å². The zero-order chi connectivity index (χ0) is 17.4. The van der Waals surface area contributed by atoms with Crippen molar-refractivity contribution < 1.29 is 31.1 Å². The average Bonchev–Trinajstić information content (AvgIpc) is 2.76. The van der Waals surface area contributed by atoms with Gasteiger partial charge in [-0.15, -0.1) is 0 Å². The summed E-state index contributed by atoms with van der Waals surface area (Å²) in [7, 11) is 0. The van der Waals surface area contributed by atoms with Gasteiger partial charge in [-0.1, -0.05) is 0 Å². The van der Waals surface area contributed by atoms with Crippen LogP contribution in [0.1, 0.15) is 24.0 Å². The van der Waals surface area contributed by atoms with Gasteiger partial charge >= 0.3 is 137 Å². The molecular formula is C13H9F6IN2O. The second-order valence-electron chi connectivity index (χ2n) is 4.66. The third-order valence-corrected chi connectivity index (χ3v) is 5.95. The van der Waals surface area contributed by atoms with Crippen LogP contribution >= 0.6 is 21.2 Å². The van der Waals surface area contributed by atoms with Crippen LogP contribution in [0, 0.1) is 11.3 Å². The number of alkyl halides is 8. The number of halogens is 7. The number of amides is 1. The SMILES string of the molecule is N#Cc1ccc(N2C(=O)CCC2[IH]C(F)(F)F)cc1C(F)(F)F. The third-order valence-electron chi connectivity index (χ3n) is 3.14. The van der Waals surface area contributed by atoms with Gasteiger partial charge in [-0.25, -0.2) is 0 Å². The van der Waals surface area contributed by atoms with Crippen molar-refractivity contribution in [2.75, 3.05) is 4.90 Å². The van der Waals surface area contributed by atoms with Crippen LogP contribution in [0.4, 0.5) is 32.0 Å². The number of hydrogen-bond acceptors (Lipinski definition) is 2. The molecule has 1 heterocycles. The van der Waals surface area contributed by atoms with E-state index in [-0.39, 0.29) is 18.5 Å². The molecule has 1 saturated heterocycles. The van der Waals surface area contributed by atoms with Crippen molar-refractivity contribution in [1.82, 2.24) is 0 Å². The van der Waals surface area contributed by atoms with Gasteiger partial charge in [0, 0.05) is 0 Å². The Kier molecular flexibility index (Phi) is 4.79. The van der Waals surface area contributed by atoms with Gasteiger partial charge in [-0.2, -0.15) is 0 Å². The molecule has 23 heavy (non-hydrogen) atoms. The first-order valence-corrected chi connectivity index (χ1v) is 8.72. The molecule has 1 amide bonds. The first-order chi connectivity index (χ1) is 10.5. The van der Waals surface area contributed by atoms with Gasteiger partial charge in [-0.05, 0) is 0 Å². The molecule has 0 N–H and O–H groups in total. The summed E-state index contributed by atoms with van der Waals surface area (Å²) in [5.41, 5.74) is -2.15. The van der Waals surface area contributed by atoms with Crippen LogP contribution in [0.5, 0.6) is 0 Å². The summed E-state index contributed by atoms with van der Waals surface area (Å²) in [6, 6.07) is 3.90. The van der Waals surface area contributed by atoms with Gasteiger partial charge in [0.25, 0.3) is 0 Å². The molecule has 0 radical (unpaired) electrons. The third kappa shape index (κ3) is 4.07. The van der Waals surface area contributed by atoms with Crippen LogP contribution in [0.25, 0.3) is 0 Å². The van der Waals surface area contributed by atoms with E-state index in [0.29, 0.717) is 6.07 Å². The van der Waals surface area contributed by atoms with Crippen LogP contribution in [-0.2, 0) is 11.0 Å². The molecule has 0 aliphatic carbocycles. The van der Waals surface area contributed by atoms with Crippen LogP contribution in [0.15, 0.2) is 18.2 Å². The van der Waals surface area contributed by atoms with Crippen LogP contribution in [0.2, 0.25) is 0 Å². The summed E-state index contributed by atoms with van der Waals surface area (Å²) in [6.07, 6.45) is -4.99. The zero-order valence-corrected chi connectivity index (χ0v) is 13.5. The average molecular weight is 450 g/mol. The van der Waals surface area contributed by atoms with Gasteiger partial charge in [0.05, 0.1) is 0 Å². The molecular weight excluding hydrogens is 441 g/mol. The standard InChI is InChI=1S/C13H9F6IN2O/c14-12(15,16)9-5-8(2-1-7(9)6-21)22-10(3-4-11(22)23)20-13(17,18)19/h1-2,5,10,20H,3-4H2. The number of anilines is 1. The molecule has 1 atom stereocenters. The van der Waals surface area contributed by atoms with Crippen molar-refractivity contribution in [2.45, 2.75) is 27.2 Å². The number of rotatable bonds is 2. The fourth-order valence-electron chi connectivity index (χ4n) is 2.25. The summed E-state index contributed by atoms with van der Waals surface area (Å²) in [6.45, 7) is 0. The van der Waals surface area contributed by atoms with Crippen molar-refractivity contribution >= 4 is 32.8 Å². The molecule has 1 unspecified atom stereocenters. The molecule has 1 fully saturated rings. The zero-order valence-electron chi connectivity index (χ0n) is 11.2. The summed E-state index contributed by atoms with van der Waals surface area (Å²) in [4.78, 5) is 12.6. The van der Waals surface area contributed by atoms with E-state index in [2.05, 4.69) is 0 Å². The predicted molar refractivity (Wildman–Crippen MR) is 78.1 cm³/mol. The summed E-state index contributed by atoms with van der Waals surface area (Å²) in [5, 5.41) is 8.72. The molecule has 10 heteroatoms. The Hall–Kier alpha value is -1.51. The van der Waals surface area contributed by atoms with Gasteiger partial charge in [0.2, 0.25) is 0 Å². The maximum absolute atomic E-state index is 12.9. The first-order valence-electron chi connectivity index (χ1n) is 6.21. The number of carbonyl (C=O) groups is 1. The second kappa shape index (κ2) is 6.18. The Bertz CT molecular complexity index is 664. The van der Waals surface area contributed by atoms with Crippen LogP contribution < -0.4 is 4.90 Å². The predicted octanol–water partition coefficient (Wildman–Crippen LogP) is 4.25. The molecule has 0 spiro atoms. The van der Waals surface area contributed by atoms with Crippen LogP contribution in [-0.4, -0.2) is 14.1 Å². The molecule has 0 aromatic heterocycles. The fraction of sp³-hybridized carbons (Fsp3) is 0.385. The number of nitrogens with zero attached hydrogens (tertiary/aromatic N) is 2. The molecule has 1 aromatic carbocycles. The van der Waals surface area contributed by atoms with E-state index in [4.69, 9.17) is 5.26 Å². The van der Waals surface area contributed by atoms with E-state index in [1.165, 1.54) is 6.07 Å². The van der Waals surface area contributed by atoms with Crippen molar-refractivity contribution in [2.24, 2.45) is 0 Å². The maximum atomic E-state index is 12.9. The molecule has 1 aliphatic heterocycles. The Morgan fingerprint density at radius 1 is 1.22 bits per heavy atom. The first kappa shape index (κ1) is 17.8. The Morgan fingerprint density at radius 2 is 1.87 bits per heavy atom. The van der Waals surface area contributed by atoms with Crippen molar-refractivity contribution in [1.29, 1.82) is 5.26 Å². The van der Waals surface area contributed by atoms with E-state index < -0.39 is 52.6 Å². The van der Waals surface area contributed by atoms with Crippen molar-refractivity contribution in [3.63, 3.8) is 0 Å².